The van der Waals surface area contributed by atoms with E-state index < -0.39 is 4.92 Å². The third kappa shape index (κ3) is 3.00. The standard InChI is InChI=1S/C11H15ClN2O3S/c1-5-13(11(2,3)4)10(15)8-6-7(14(16)17)9(12)18-8/h6H,5H2,1-4H3. The van der Waals surface area contributed by atoms with E-state index in [9.17, 15) is 14.9 Å². The van der Waals surface area contributed by atoms with Crippen LogP contribution in [0.4, 0.5) is 5.69 Å². The van der Waals surface area contributed by atoms with Crippen molar-refractivity contribution in [3.63, 3.8) is 0 Å². The molecule has 0 saturated heterocycles. The van der Waals surface area contributed by atoms with Gasteiger partial charge in [-0.2, -0.15) is 0 Å². The minimum Gasteiger partial charge on any atom is -0.333 e. The van der Waals surface area contributed by atoms with Crippen LogP contribution in [-0.4, -0.2) is 27.8 Å². The molecule has 18 heavy (non-hydrogen) atoms. The maximum Gasteiger partial charge on any atom is 0.299 e. The number of thiophene rings is 1. The summed E-state index contributed by atoms with van der Waals surface area (Å²) < 4.78 is 0.0355. The highest BCUT2D eigenvalue weighted by Gasteiger charge is 2.29. The molecule has 0 fully saturated rings. The fraction of sp³-hybridized carbons (Fsp3) is 0.545. The van der Waals surface area contributed by atoms with Gasteiger partial charge in [0.25, 0.3) is 11.6 Å². The van der Waals surface area contributed by atoms with E-state index in [4.69, 9.17) is 11.6 Å². The van der Waals surface area contributed by atoms with Crippen LogP contribution in [0.15, 0.2) is 6.07 Å². The van der Waals surface area contributed by atoms with Crippen LogP contribution in [0.1, 0.15) is 37.4 Å². The molecule has 0 bridgehead atoms. The number of carbonyl (C=O) groups is 1. The van der Waals surface area contributed by atoms with Gasteiger partial charge in [0, 0.05) is 18.2 Å². The monoisotopic (exact) mass is 290 g/mol. The Hall–Kier alpha value is -1.14. The lowest BCUT2D eigenvalue weighted by Gasteiger charge is -2.34. The number of carbonyl (C=O) groups excluding carboxylic acids is 1. The van der Waals surface area contributed by atoms with Gasteiger partial charge in [0.15, 0.2) is 4.34 Å². The van der Waals surface area contributed by atoms with E-state index in [2.05, 4.69) is 0 Å². The molecule has 0 aliphatic rings. The Kier molecular flexibility index (Phi) is 4.34. The molecule has 5 nitrogen and oxygen atoms in total. The molecule has 1 aromatic rings. The first-order valence-electron chi connectivity index (χ1n) is 5.44. The number of amides is 1. The van der Waals surface area contributed by atoms with Crippen LogP contribution in [0, 0.1) is 10.1 Å². The second-order valence-electron chi connectivity index (χ2n) is 4.75. The van der Waals surface area contributed by atoms with E-state index in [0.29, 0.717) is 11.4 Å². The van der Waals surface area contributed by atoms with Gasteiger partial charge in [0.05, 0.1) is 4.92 Å². The maximum absolute atomic E-state index is 12.3. The van der Waals surface area contributed by atoms with Crippen LogP contribution in [0.25, 0.3) is 0 Å². The number of halogens is 1. The molecular formula is C11H15ClN2O3S. The Balaban J connectivity index is 3.11. The number of hydrogen-bond donors (Lipinski definition) is 0. The van der Waals surface area contributed by atoms with E-state index in [0.717, 1.165) is 11.3 Å². The van der Waals surface area contributed by atoms with Gasteiger partial charge in [-0.3, -0.25) is 14.9 Å². The summed E-state index contributed by atoms with van der Waals surface area (Å²) in [6, 6.07) is 1.24. The number of hydrogen-bond acceptors (Lipinski definition) is 4. The Labute approximate surface area is 115 Å². The van der Waals surface area contributed by atoms with Gasteiger partial charge in [-0.1, -0.05) is 11.6 Å². The Morgan fingerprint density at radius 2 is 2.11 bits per heavy atom. The fourth-order valence-corrected chi connectivity index (χ4v) is 2.82. The molecule has 1 rings (SSSR count). The van der Waals surface area contributed by atoms with E-state index in [1.807, 2.05) is 27.7 Å². The van der Waals surface area contributed by atoms with Gasteiger partial charge in [-0.05, 0) is 27.7 Å². The average Bonchev–Trinajstić information content (AvgIpc) is 2.59. The molecule has 0 spiro atoms. The second kappa shape index (κ2) is 5.24. The summed E-state index contributed by atoms with van der Waals surface area (Å²) in [5.41, 5.74) is -0.549. The van der Waals surface area contributed by atoms with Gasteiger partial charge in [-0.25, -0.2) is 0 Å². The second-order valence-corrected chi connectivity index (χ2v) is 6.40. The zero-order valence-corrected chi connectivity index (χ0v) is 12.3. The summed E-state index contributed by atoms with van der Waals surface area (Å²) in [6.45, 7) is 8.15. The highest BCUT2D eigenvalue weighted by Crippen LogP contribution is 2.35. The largest absolute Gasteiger partial charge is 0.333 e. The third-order valence-electron chi connectivity index (χ3n) is 2.45. The smallest absolute Gasteiger partial charge is 0.299 e. The number of nitro groups is 1. The topological polar surface area (TPSA) is 63.5 Å². The van der Waals surface area contributed by atoms with Crippen molar-refractivity contribution < 1.29 is 9.72 Å². The fourth-order valence-electron chi connectivity index (χ4n) is 1.64. The molecule has 1 amide bonds. The molecule has 0 unspecified atom stereocenters. The lowest BCUT2D eigenvalue weighted by atomic mass is 10.1. The Morgan fingerprint density at radius 1 is 1.56 bits per heavy atom. The van der Waals surface area contributed by atoms with Crippen molar-refractivity contribution in [1.82, 2.24) is 4.90 Å². The van der Waals surface area contributed by atoms with Gasteiger partial charge in [0.2, 0.25) is 0 Å². The van der Waals surface area contributed by atoms with Crippen LogP contribution < -0.4 is 0 Å². The van der Waals surface area contributed by atoms with Crippen molar-refractivity contribution in [2.45, 2.75) is 33.2 Å². The van der Waals surface area contributed by atoms with Gasteiger partial charge in [-0.15, -0.1) is 11.3 Å². The summed E-state index contributed by atoms with van der Waals surface area (Å²) in [7, 11) is 0. The van der Waals surface area contributed by atoms with E-state index in [1.165, 1.54) is 6.07 Å². The molecule has 0 aliphatic heterocycles. The lowest BCUT2D eigenvalue weighted by molar-refractivity contribution is -0.384. The van der Waals surface area contributed by atoms with Gasteiger partial charge < -0.3 is 4.90 Å². The third-order valence-corrected chi connectivity index (χ3v) is 3.77. The highest BCUT2D eigenvalue weighted by molar-refractivity contribution is 7.18. The van der Waals surface area contributed by atoms with Crippen LogP contribution in [0.3, 0.4) is 0 Å². The van der Waals surface area contributed by atoms with Crippen LogP contribution in [0.5, 0.6) is 0 Å². The summed E-state index contributed by atoms with van der Waals surface area (Å²) in [6.07, 6.45) is 0. The molecule has 7 heteroatoms. The molecule has 100 valence electrons. The van der Waals surface area contributed by atoms with E-state index in [-0.39, 0.29) is 21.5 Å². The quantitative estimate of drug-likeness (QED) is 0.631. The SMILES string of the molecule is CCN(C(=O)c1cc([N+](=O)[O-])c(Cl)s1)C(C)(C)C. The Morgan fingerprint density at radius 3 is 2.44 bits per heavy atom. The molecule has 1 heterocycles. The maximum atomic E-state index is 12.3. The van der Waals surface area contributed by atoms with Crippen molar-refractivity contribution in [1.29, 1.82) is 0 Å². The first-order valence-corrected chi connectivity index (χ1v) is 6.63. The summed E-state index contributed by atoms with van der Waals surface area (Å²) in [5, 5.41) is 10.7. The van der Waals surface area contributed by atoms with Crippen molar-refractivity contribution in [3.8, 4) is 0 Å². The minimum absolute atomic E-state index is 0.0355. The van der Waals surface area contributed by atoms with E-state index >= 15 is 0 Å². The summed E-state index contributed by atoms with van der Waals surface area (Å²) in [4.78, 5) is 24.3. The van der Waals surface area contributed by atoms with Crippen molar-refractivity contribution in [3.05, 3.63) is 25.4 Å². The van der Waals surface area contributed by atoms with Crippen molar-refractivity contribution >= 4 is 34.5 Å². The highest BCUT2D eigenvalue weighted by atomic mass is 35.5. The molecule has 0 radical (unpaired) electrons. The zero-order chi connectivity index (χ0) is 14.1. The molecule has 0 aliphatic carbocycles. The van der Waals surface area contributed by atoms with E-state index in [1.54, 1.807) is 4.90 Å². The van der Waals surface area contributed by atoms with Crippen LogP contribution in [-0.2, 0) is 0 Å². The van der Waals surface area contributed by atoms with Crippen molar-refractivity contribution in [2.24, 2.45) is 0 Å². The van der Waals surface area contributed by atoms with Crippen LogP contribution in [0.2, 0.25) is 4.34 Å². The predicted molar refractivity (Wildman–Crippen MR) is 72.4 cm³/mol. The first kappa shape index (κ1) is 14.9. The molecule has 1 aromatic heterocycles. The molecule has 0 atom stereocenters. The van der Waals surface area contributed by atoms with Crippen LogP contribution >= 0.6 is 22.9 Å². The molecular weight excluding hydrogens is 276 g/mol. The van der Waals surface area contributed by atoms with Gasteiger partial charge >= 0.3 is 0 Å². The number of rotatable bonds is 3. The Bertz CT molecular complexity index is 479. The average molecular weight is 291 g/mol. The van der Waals surface area contributed by atoms with Gasteiger partial charge in [0.1, 0.15) is 4.88 Å². The lowest BCUT2D eigenvalue weighted by Crippen LogP contribution is -2.45. The minimum atomic E-state index is -0.580. The zero-order valence-electron chi connectivity index (χ0n) is 10.7. The predicted octanol–water partition coefficient (Wildman–Crippen LogP) is 3.57. The normalized spacial score (nSPS) is 11.4. The molecule has 0 saturated carbocycles. The molecule has 0 N–H and O–H groups in total. The molecule has 0 aromatic carbocycles. The van der Waals surface area contributed by atoms with Crippen molar-refractivity contribution in [2.75, 3.05) is 6.54 Å². The summed E-state index contributed by atoms with van der Waals surface area (Å²) >= 11 is 6.70. The first-order chi connectivity index (χ1) is 8.18. The summed E-state index contributed by atoms with van der Waals surface area (Å²) in [5.74, 6) is -0.231. The number of nitrogens with zero attached hydrogens (tertiary/aromatic N) is 2.